The van der Waals surface area contributed by atoms with Crippen LogP contribution in [0.5, 0.6) is 0 Å². The molecule has 2 N–H and O–H groups in total. The van der Waals surface area contributed by atoms with E-state index in [0.717, 1.165) is 32.5 Å². The van der Waals surface area contributed by atoms with Gasteiger partial charge in [0.1, 0.15) is 5.54 Å². The lowest BCUT2D eigenvalue weighted by Gasteiger charge is -2.47. The van der Waals surface area contributed by atoms with Crippen LogP contribution in [0.3, 0.4) is 0 Å². The number of carbonyl (C=O) groups is 2. The summed E-state index contributed by atoms with van der Waals surface area (Å²) in [6, 6.07) is 8.51. The van der Waals surface area contributed by atoms with Crippen molar-refractivity contribution in [1.29, 1.82) is 0 Å². The zero-order chi connectivity index (χ0) is 21.2. The molecule has 158 valence electrons. The Kier molecular flexibility index (Phi) is 6.18. The largest absolute Gasteiger partial charge is 0.349 e. The molecule has 0 radical (unpaired) electrons. The van der Waals surface area contributed by atoms with Crippen LogP contribution in [0.15, 0.2) is 36.9 Å². The summed E-state index contributed by atoms with van der Waals surface area (Å²) in [5.74, 6) is 0.0424. The number of nitrogens with one attached hydrogen (secondary N) is 2. The fraction of sp³-hybridized carbons (Fsp3) is 0.583. The van der Waals surface area contributed by atoms with Gasteiger partial charge in [-0.05, 0) is 57.1 Å². The molecule has 0 bridgehead atoms. The predicted molar refractivity (Wildman–Crippen MR) is 116 cm³/mol. The van der Waals surface area contributed by atoms with Crippen LogP contribution in [-0.4, -0.2) is 34.3 Å². The number of nitrogens with zero attached hydrogens (tertiary/aromatic N) is 1. The summed E-state index contributed by atoms with van der Waals surface area (Å²) < 4.78 is 0. The monoisotopic (exact) mass is 397 g/mol. The van der Waals surface area contributed by atoms with Crippen molar-refractivity contribution in [1.82, 2.24) is 15.5 Å². The van der Waals surface area contributed by atoms with E-state index in [1.165, 1.54) is 18.1 Å². The van der Waals surface area contributed by atoms with E-state index in [-0.39, 0.29) is 29.2 Å². The van der Waals surface area contributed by atoms with Crippen LogP contribution in [0.2, 0.25) is 0 Å². The number of allylic oxidation sites excluding steroid dienone is 1. The van der Waals surface area contributed by atoms with Gasteiger partial charge in [-0.25, -0.2) is 0 Å². The zero-order valence-corrected chi connectivity index (χ0v) is 18.3. The lowest BCUT2D eigenvalue weighted by atomic mass is 9.67. The number of rotatable bonds is 5. The molecule has 3 atom stereocenters. The number of hydrogen-bond donors (Lipinski definition) is 2. The second-order valence-electron chi connectivity index (χ2n) is 9.77. The van der Waals surface area contributed by atoms with Crippen molar-refractivity contribution in [2.45, 2.75) is 71.1 Å². The minimum absolute atomic E-state index is 0.0549. The summed E-state index contributed by atoms with van der Waals surface area (Å²) in [5.41, 5.74) is 1.44. The zero-order valence-electron chi connectivity index (χ0n) is 18.3. The summed E-state index contributed by atoms with van der Waals surface area (Å²) in [5, 5.41) is 6.25. The number of fused-ring (bicyclic) bond motifs is 1. The van der Waals surface area contributed by atoms with Crippen molar-refractivity contribution in [2.24, 2.45) is 11.8 Å². The van der Waals surface area contributed by atoms with Gasteiger partial charge in [-0.3, -0.25) is 14.5 Å². The van der Waals surface area contributed by atoms with Gasteiger partial charge in [0.25, 0.3) is 0 Å². The van der Waals surface area contributed by atoms with E-state index in [1.807, 2.05) is 26.8 Å². The second kappa shape index (κ2) is 8.31. The Bertz CT molecular complexity index is 758. The van der Waals surface area contributed by atoms with Crippen LogP contribution < -0.4 is 10.6 Å². The molecule has 1 aromatic carbocycles. The van der Waals surface area contributed by atoms with Crippen LogP contribution in [0, 0.1) is 11.8 Å². The summed E-state index contributed by atoms with van der Waals surface area (Å²) >= 11 is 0. The molecule has 0 spiro atoms. The van der Waals surface area contributed by atoms with Crippen molar-refractivity contribution in [3.63, 3.8) is 0 Å². The maximum Gasteiger partial charge on any atom is 0.246 e. The van der Waals surface area contributed by atoms with E-state index in [1.54, 1.807) is 0 Å². The number of hydrogen-bond acceptors (Lipinski definition) is 3. The second-order valence-corrected chi connectivity index (χ2v) is 9.77. The average molecular weight is 398 g/mol. The van der Waals surface area contributed by atoms with Crippen LogP contribution in [0.4, 0.5) is 0 Å². The molecule has 2 amide bonds. The topological polar surface area (TPSA) is 61.4 Å². The Morgan fingerprint density at radius 3 is 2.34 bits per heavy atom. The minimum atomic E-state index is -0.912. The van der Waals surface area contributed by atoms with Gasteiger partial charge in [-0.15, -0.1) is 6.58 Å². The Hall–Kier alpha value is -2.14. The first-order valence-electron chi connectivity index (χ1n) is 10.7. The highest BCUT2D eigenvalue weighted by molar-refractivity contribution is 5.92. The molecule has 1 aliphatic carbocycles. The molecule has 0 saturated heterocycles. The normalized spacial score (nSPS) is 27.2. The van der Waals surface area contributed by atoms with E-state index in [2.05, 4.69) is 46.4 Å². The van der Waals surface area contributed by atoms with Gasteiger partial charge in [0.05, 0.1) is 0 Å². The summed E-state index contributed by atoms with van der Waals surface area (Å²) in [6.07, 6.45) is 4.42. The maximum atomic E-state index is 13.6. The molecular formula is C24H35N3O2. The van der Waals surface area contributed by atoms with Crippen molar-refractivity contribution >= 4 is 11.8 Å². The minimum Gasteiger partial charge on any atom is -0.349 e. The first-order valence-corrected chi connectivity index (χ1v) is 10.7. The third-order valence-electron chi connectivity index (χ3n) is 6.18. The average Bonchev–Trinajstić information content (AvgIpc) is 3.03. The fourth-order valence-corrected chi connectivity index (χ4v) is 4.89. The lowest BCUT2D eigenvalue weighted by molar-refractivity contribution is -0.139. The molecule has 1 saturated carbocycles. The van der Waals surface area contributed by atoms with Crippen LogP contribution in [0.1, 0.15) is 58.1 Å². The van der Waals surface area contributed by atoms with E-state index < -0.39 is 5.54 Å². The molecule has 5 heteroatoms. The van der Waals surface area contributed by atoms with E-state index in [0.29, 0.717) is 6.42 Å². The quantitative estimate of drug-likeness (QED) is 0.749. The third kappa shape index (κ3) is 4.89. The van der Waals surface area contributed by atoms with Gasteiger partial charge in [0.2, 0.25) is 11.8 Å². The standard InChI is InChI=1S/C24H35N3O2/c1-6-18-11-12-21(16-27-14-19-9-7-8-10-20(19)15-27)24(13-18,25-17(2)28)22(29)26-23(3,4)5/h6-10,18,21H,1,11-16H2,2-5H3,(H,25,28)(H,26,29). The number of carbonyl (C=O) groups excluding carboxylic acids is 2. The van der Waals surface area contributed by atoms with Gasteiger partial charge in [-0.2, -0.15) is 0 Å². The Morgan fingerprint density at radius 1 is 1.21 bits per heavy atom. The highest BCUT2D eigenvalue weighted by atomic mass is 16.2. The lowest BCUT2D eigenvalue weighted by Crippen LogP contribution is -2.68. The highest BCUT2D eigenvalue weighted by Gasteiger charge is 2.51. The Morgan fingerprint density at radius 2 is 1.83 bits per heavy atom. The van der Waals surface area contributed by atoms with Gasteiger partial charge in [-0.1, -0.05) is 30.3 Å². The first-order chi connectivity index (χ1) is 13.6. The molecule has 0 aromatic heterocycles. The van der Waals surface area contributed by atoms with Crippen molar-refractivity contribution in [3.05, 3.63) is 48.0 Å². The van der Waals surface area contributed by atoms with Crippen LogP contribution >= 0.6 is 0 Å². The molecule has 29 heavy (non-hydrogen) atoms. The van der Waals surface area contributed by atoms with Gasteiger partial charge in [0.15, 0.2) is 0 Å². The van der Waals surface area contributed by atoms with Gasteiger partial charge >= 0.3 is 0 Å². The van der Waals surface area contributed by atoms with Crippen molar-refractivity contribution in [3.8, 4) is 0 Å². The van der Waals surface area contributed by atoms with E-state index in [9.17, 15) is 9.59 Å². The summed E-state index contributed by atoms with van der Waals surface area (Å²) in [4.78, 5) is 28.2. The smallest absolute Gasteiger partial charge is 0.246 e. The molecule has 1 aliphatic heterocycles. The molecule has 5 nitrogen and oxygen atoms in total. The van der Waals surface area contributed by atoms with Gasteiger partial charge < -0.3 is 10.6 Å². The summed E-state index contributed by atoms with van der Waals surface area (Å²) in [7, 11) is 0. The van der Waals surface area contributed by atoms with Crippen molar-refractivity contribution in [2.75, 3.05) is 6.54 Å². The van der Waals surface area contributed by atoms with Gasteiger partial charge in [0, 0.05) is 38.0 Å². The van der Waals surface area contributed by atoms with Crippen LogP contribution in [-0.2, 0) is 22.7 Å². The summed E-state index contributed by atoms with van der Waals surface area (Å²) in [6.45, 7) is 14.0. The Labute approximate surface area is 174 Å². The third-order valence-corrected chi connectivity index (χ3v) is 6.18. The molecule has 1 heterocycles. The molecule has 2 aliphatic rings. The number of benzene rings is 1. The van der Waals surface area contributed by atoms with E-state index >= 15 is 0 Å². The first kappa shape index (κ1) is 21.6. The maximum absolute atomic E-state index is 13.6. The molecule has 1 aromatic rings. The SMILES string of the molecule is C=CC1CCC(CN2Cc3ccccc3C2)C(NC(C)=O)(C(=O)NC(C)(C)C)C1. The van der Waals surface area contributed by atoms with E-state index in [4.69, 9.17) is 0 Å². The molecule has 1 fully saturated rings. The highest BCUT2D eigenvalue weighted by Crippen LogP contribution is 2.40. The molecule has 3 rings (SSSR count). The predicted octanol–water partition coefficient (Wildman–Crippen LogP) is 3.39. The Balaban J connectivity index is 1.88. The van der Waals surface area contributed by atoms with Crippen molar-refractivity contribution < 1.29 is 9.59 Å². The molecular weight excluding hydrogens is 362 g/mol. The molecule has 3 unspecified atom stereocenters. The van der Waals surface area contributed by atoms with Crippen LogP contribution in [0.25, 0.3) is 0 Å². The fourth-order valence-electron chi connectivity index (χ4n) is 4.89. The number of amides is 2.